The summed E-state index contributed by atoms with van der Waals surface area (Å²) in [5.74, 6) is -0.191. The van der Waals surface area contributed by atoms with Crippen molar-refractivity contribution in [1.82, 2.24) is 9.97 Å². The van der Waals surface area contributed by atoms with Gasteiger partial charge in [0.15, 0.2) is 6.10 Å². The Kier molecular flexibility index (Phi) is 7.04. The van der Waals surface area contributed by atoms with Crippen molar-refractivity contribution in [3.63, 3.8) is 0 Å². The number of thiazole rings is 1. The van der Waals surface area contributed by atoms with Crippen LogP contribution in [0, 0.1) is 0 Å². The van der Waals surface area contributed by atoms with Gasteiger partial charge in [0.05, 0.1) is 23.7 Å². The van der Waals surface area contributed by atoms with E-state index in [1.165, 1.54) is 21.8 Å². The van der Waals surface area contributed by atoms with Crippen molar-refractivity contribution in [1.29, 1.82) is 0 Å². The first-order valence-electron chi connectivity index (χ1n) is 11.8. The number of ether oxygens (including phenoxy) is 2. The van der Waals surface area contributed by atoms with Crippen molar-refractivity contribution in [2.24, 2.45) is 0 Å². The lowest BCUT2D eigenvalue weighted by atomic mass is 10.1. The van der Waals surface area contributed by atoms with Crippen LogP contribution in [0.1, 0.15) is 18.9 Å². The van der Waals surface area contributed by atoms with Crippen LogP contribution >= 0.6 is 11.3 Å². The van der Waals surface area contributed by atoms with Gasteiger partial charge in [-0.25, -0.2) is 4.98 Å². The van der Waals surface area contributed by atoms with Gasteiger partial charge in [0.2, 0.25) is 0 Å². The van der Waals surface area contributed by atoms with Crippen molar-refractivity contribution in [3.05, 3.63) is 83.9 Å². The van der Waals surface area contributed by atoms with E-state index in [9.17, 15) is 9.59 Å². The number of pyridine rings is 1. The normalized spacial score (nSPS) is 14.8. The lowest BCUT2D eigenvalue weighted by molar-refractivity contribution is -0.143. The van der Waals surface area contributed by atoms with Gasteiger partial charge in [-0.15, -0.1) is 11.3 Å². The molecule has 36 heavy (non-hydrogen) atoms. The Labute approximate surface area is 213 Å². The highest BCUT2D eigenvalue weighted by Crippen LogP contribution is 2.38. The summed E-state index contributed by atoms with van der Waals surface area (Å²) in [5, 5.41) is 2.76. The molecule has 1 aliphatic heterocycles. The Morgan fingerprint density at radius 3 is 2.72 bits per heavy atom. The predicted octanol–water partition coefficient (Wildman–Crippen LogP) is 5.16. The average molecular weight is 500 g/mol. The molecule has 1 atom stereocenters. The van der Waals surface area contributed by atoms with E-state index >= 15 is 0 Å². The Morgan fingerprint density at radius 2 is 1.92 bits per heavy atom. The van der Waals surface area contributed by atoms with Crippen LogP contribution < -0.4 is 9.64 Å². The fourth-order valence-electron chi connectivity index (χ4n) is 4.02. The minimum absolute atomic E-state index is 0.176. The molecule has 1 amide bonds. The molecule has 0 spiro atoms. The molecule has 0 saturated carbocycles. The number of anilines is 1. The number of benzene rings is 2. The number of hydrogen-bond acceptors (Lipinski definition) is 7. The molecule has 5 rings (SSSR count). The Morgan fingerprint density at radius 1 is 1.08 bits per heavy atom. The molecule has 3 heterocycles. The molecule has 0 N–H and O–H groups in total. The van der Waals surface area contributed by atoms with Crippen LogP contribution in [0.15, 0.2) is 78.3 Å². The summed E-state index contributed by atoms with van der Waals surface area (Å²) in [7, 11) is 0. The molecule has 0 fully saturated rings. The minimum atomic E-state index is -0.690. The first-order chi connectivity index (χ1) is 17.6. The molecular formula is C28H25N3O4S. The molecule has 2 aromatic carbocycles. The number of aromatic nitrogens is 2. The molecule has 4 aromatic rings. The van der Waals surface area contributed by atoms with E-state index < -0.39 is 12.1 Å². The molecule has 1 aliphatic rings. The van der Waals surface area contributed by atoms with Crippen molar-refractivity contribution in [2.45, 2.75) is 25.9 Å². The molecule has 0 bridgehead atoms. The van der Waals surface area contributed by atoms with Crippen LogP contribution in [0.2, 0.25) is 0 Å². The van der Waals surface area contributed by atoms with E-state index in [-0.39, 0.29) is 12.5 Å². The second kappa shape index (κ2) is 10.7. The Balaban J connectivity index is 1.29. The molecular weight excluding hydrogens is 474 g/mol. The predicted molar refractivity (Wildman–Crippen MR) is 139 cm³/mol. The summed E-state index contributed by atoms with van der Waals surface area (Å²) in [5.41, 5.74) is 4.11. The maximum absolute atomic E-state index is 12.9. The highest BCUT2D eigenvalue weighted by Gasteiger charge is 2.33. The summed E-state index contributed by atoms with van der Waals surface area (Å²) in [6.07, 6.45) is 2.58. The number of esters is 1. The number of hydrogen-bond donors (Lipinski definition) is 0. The number of nitrogens with zero attached hydrogens (tertiary/aromatic N) is 3. The van der Waals surface area contributed by atoms with Gasteiger partial charge in [0.1, 0.15) is 17.3 Å². The van der Waals surface area contributed by atoms with Crippen molar-refractivity contribution < 1.29 is 19.1 Å². The Bertz CT molecular complexity index is 1360. The summed E-state index contributed by atoms with van der Waals surface area (Å²) < 4.78 is 11.2. The van der Waals surface area contributed by atoms with Gasteiger partial charge in [-0.3, -0.25) is 19.5 Å². The van der Waals surface area contributed by atoms with Gasteiger partial charge in [0, 0.05) is 17.1 Å². The zero-order valence-corrected chi connectivity index (χ0v) is 20.6. The molecule has 8 heteroatoms. The molecule has 1 unspecified atom stereocenters. The van der Waals surface area contributed by atoms with E-state index in [0.29, 0.717) is 24.5 Å². The molecule has 0 radical (unpaired) electrons. The van der Waals surface area contributed by atoms with E-state index in [1.54, 1.807) is 13.1 Å². The van der Waals surface area contributed by atoms with Gasteiger partial charge in [-0.1, -0.05) is 36.4 Å². The second-order valence-corrected chi connectivity index (χ2v) is 9.29. The molecule has 182 valence electrons. The fourth-order valence-corrected chi connectivity index (χ4v) is 4.83. The van der Waals surface area contributed by atoms with E-state index in [4.69, 9.17) is 14.5 Å². The summed E-state index contributed by atoms with van der Waals surface area (Å²) >= 11 is 1.50. The standard InChI is InChI=1S/C28H25N3O4S/c1-19-28(33)31(17-26(32)34-15-7-10-20-8-3-2-4-9-20)24-16-21(12-13-25(24)35-19)23-18-36-27(30-23)22-11-5-6-14-29-22/h2-6,8-9,11-14,16,18-19H,7,10,15,17H2,1H3. The van der Waals surface area contributed by atoms with E-state index in [0.717, 1.165) is 28.4 Å². The number of carbonyl (C=O) groups is 2. The van der Waals surface area contributed by atoms with Crippen molar-refractivity contribution in [3.8, 4) is 27.7 Å². The van der Waals surface area contributed by atoms with E-state index in [1.807, 2.05) is 72.1 Å². The average Bonchev–Trinajstić information content (AvgIpc) is 3.41. The fraction of sp³-hybridized carbons (Fsp3) is 0.214. The van der Waals surface area contributed by atoms with Crippen LogP contribution in [0.3, 0.4) is 0 Å². The smallest absolute Gasteiger partial charge is 0.326 e. The largest absolute Gasteiger partial charge is 0.479 e. The summed E-state index contributed by atoms with van der Waals surface area (Å²) in [6, 6.07) is 21.3. The highest BCUT2D eigenvalue weighted by atomic mass is 32.1. The quantitative estimate of drug-likeness (QED) is 0.246. The van der Waals surface area contributed by atoms with Crippen molar-refractivity contribution >= 4 is 28.9 Å². The molecule has 7 nitrogen and oxygen atoms in total. The van der Waals surface area contributed by atoms with Crippen LogP contribution in [0.4, 0.5) is 5.69 Å². The van der Waals surface area contributed by atoms with Gasteiger partial charge < -0.3 is 9.47 Å². The zero-order chi connectivity index (χ0) is 24.9. The highest BCUT2D eigenvalue weighted by molar-refractivity contribution is 7.13. The van der Waals surface area contributed by atoms with E-state index in [2.05, 4.69) is 4.98 Å². The lowest BCUT2D eigenvalue weighted by Crippen LogP contribution is -2.47. The third-order valence-corrected chi connectivity index (χ3v) is 6.72. The van der Waals surface area contributed by atoms with Gasteiger partial charge in [-0.05, 0) is 55.7 Å². The van der Waals surface area contributed by atoms with Crippen LogP contribution in [-0.4, -0.2) is 41.1 Å². The maximum atomic E-state index is 12.9. The number of amides is 1. The topological polar surface area (TPSA) is 81.6 Å². The van der Waals surface area contributed by atoms with Gasteiger partial charge >= 0.3 is 5.97 Å². The van der Waals surface area contributed by atoms with Crippen LogP contribution in [0.5, 0.6) is 5.75 Å². The first-order valence-corrected chi connectivity index (χ1v) is 12.7. The third kappa shape index (κ3) is 5.28. The third-order valence-electron chi connectivity index (χ3n) is 5.85. The molecule has 0 aliphatic carbocycles. The summed E-state index contributed by atoms with van der Waals surface area (Å²) in [4.78, 5) is 36.1. The zero-order valence-electron chi connectivity index (χ0n) is 19.8. The number of rotatable bonds is 8. The van der Waals surface area contributed by atoms with Crippen molar-refractivity contribution in [2.75, 3.05) is 18.1 Å². The second-order valence-electron chi connectivity index (χ2n) is 8.43. The number of aryl methyl sites for hydroxylation is 1. The van der Waals surface area contributed by atoms with Gasteiger partial charge in [-0.2, -0.15) is 0 Å². The SMILES string of the molecule is CC1Oc2ccc(-c3csc(-c4ccccn4)n3)cc2N(CC(=O)OCCCc2ccccc2)C1=O. The van der Waals surface area contributed by atoms with Gasteiger partial charge in [0.25, 0.3) is 5.91 Å². The number of fused-ring (bicyclic) bond motifs is 1. The monoisotopic (exact) mass is 499 g/mol. The van der Waals surface area contributed by atoms with Crippen LogP contribution in [0.25, 0.3) is 22.0 Å². The minimum Gasteiger partial charge on any atom is -0.479 e. The summed E-state index contributed by atoms with van der Waals surface area (Å²) in [6.45, 7) is 1.80. The lowest BCUT2D eigenvalue weighted by Gasteiger charge is -2.32. The van der Waals surface area contributed by atoms with Crippen LogP contribution in [-0.2, 0) is 20.7 Å². The first kappa shape index (κ1) is 23.7. The Hall–Kier alpha value is -4.04. The maximum Gasteiger partial charge on any atom is 0.326 e. The number of carbonyl (C=O) groups excluding carboxylic acids is 2. The molecule has 0 saturated heterocycles. The molecule has 2 aromatic heterocycles.